The van der Waals surface area contributed by atoms with Gasteiger partial charge in [-0.1, -0.05) is 13.3 Å². The summed E-state index contributed by atoms with van der Waals surface area (Å²) < 4.78 is 10.3. The number of nitrogens with zero attached hydrogens (tertiary/aromatic N) is 2. The van der Waals surface area contributed by atoms with Crippen LogP contribution in [0.2, 0.25) is 0 Å². The fourth-order valence-corrected chi connectivity index (χ4v) is 2.72. The number of ether oxygens (including phenoxy) is 2. The van der Waals surface area contributed by atoms with Gasteiger partial charge in [0.15, 0.2) is 0 Å². The Hall–Kier alpha value is -1.36. The molecule has 0 bridgehead atoms. The number of rotatable bonds is 4. The number of hydrogen-bond donors (Lipinski definition) is 1. The lowest BCUT2D eigenvalue weighted by Gasteiger charge is -2.35. The van der Waals surface area contributed by atoms with Gasteiger partial charge in [0, 0.05) is 0 Å². The van der Waals surface area contributed by atoms with Gasteiger partial charge >= 0.3 is 0 Å². The minimum atomic E-state index is -0.920. The van der Waals surface area contributed by atoms with Gasteiger partial charge in [0.05, 0.1) is 20.4 Å². The molecule has 1 aliphatic carbocycles. The van der Waals surface area contributed by atoms with Gasteiger partial charge in [-0.25, -0.2) is 4.98 Å². The molecule has 0 atom stereocenters. The summed E-state index contributed by atoms with van der Waals surface area (Å²) in [5.41, 5.74) is -0.388. The fraction of sp³-hybridized carbons (Fsp3) is 0.714. The highest BCUT2D eigenvalue weighted by Crippen LogP contribution is 2.42. The van der Waals surface area contributed by atoms with Crippen LogP contribution in [0.25, 0.3) is 0 Å². The molecular formula is C14H22N2O3. The van der Waals surface area contributed by atoms with Crippen LogP contribution in [-0.4, -0.2) is 29.3 Å². The minimum Gasteiger partial charge on any atom is -0.480 e. The zero-order valence-electron chi connectivity index (χ0n) is 11.8. The first-order valence-electron chi connectivity index (χ1n) is 6.81. The molecule has 0 amide bonds. The maximum Gasteiger partial charge on any atom is 0.241 e. The van der Waals surface area contributed by atoms with Crippen molar-refractivity contribution >= 4 is 0 Å². The van der Waals surface area contributed by atoms with Crippen LogP contribution < -0.4 is 9.47 Å². The van der Waals surface area contributed by atoms with Crippen LogP contribution in [0.1, 0.15) is 44.7 Å². The second-order valence-corrected chi connectivity index (χ2v) is 5.15. The van der Waals surface area contributed by atoms with Crippen LogP contribution in [0.15, 0.2) is 6.20 Å². The molecule has 5 nitrogen and oxygen atoms in total. The molecule has 0 aromatic carbocycles. The van der Waals surface area contributed by atoms with Gasteiger partial charge in [-0.15, -0.1) is 0 Å². The lowest BCUT2D eigenvalue weighted by atomic mass is 9.76. The third-order valence-corrected chi connectivity index (χ3v) is 4.07. The maximum atomic E-state index is 10.8. The second kappa shape index (κ2) is 5.74. The quantitative estimate of drug-likeness (QED) is 0.905. The summed E-state index contributed by atoms with van der Waals surface area (Å²) in [4.78, 5) is 8.51. The maximum absolute atomic E-state index is 10.8. The first-order valence-corrected chi connectivity index (χ1v) is 6.81. The zero-order valence-corrected chi connectivity index (χ0v) is 11.8. The Morgan fingerprint density at radius 1 is 1.32 bits per heavy atom. The van der Waals surface area contributed by atoms with Gasteiger partial charge in [0.1, 0.15) is 11.3 Å². The molecule has 2 rings (SSSR count). The highest BCUT2D eigenvalue weighted by molar-refractivity contribution is 5.28. The number of aliphatic hydroxyl groups is 1. The van der Waals surface area contributed by atoms with E-state index < -0.39 is 5.60 Å². The van der Waals surface area contributed by atoms with E-state index in [0.717, 1.165) is 12.8 Å². The van der Waals surface area contributed by atoms with E-state index in [1.807, 2.05) is 0 Å². The van der Waals surface area contributed by atoms with Gasteiger partial charge in [0.25, 0.3) is 0 Å². The van der Waals surface area contributed by atoms with Crippen molar-refractivity contribution in [3.05, 3.63) is 11.9 Å². The van der Waals surface area contributed by atoms with Crippen LogP contribution in [0.3, 0.4) is 0 Å². The molecule has 1 aromatic rings. The van der Waals surface area contributed by atoms with Crippen molar-refractivity contribution in [3.8, 4) is 11.8 Å². The second-order valence-electron chi connectivity index (χ2n) is 5.15. The van der Waals surface area contributed by atoms with Crippen LogP contribution in [0.5, 0.6) is 11.8 Å². The van der Waals surface area contributed by atoms with Crippen molar-refractivity contribution in [3.63, 3.8) is 0 Å². The molecule has 1 N–H and O–H groups in total. The predicted octanol–water partition coefficient (Wildman–Crippen LogP) is 2.28. The Morgan fingerprint density at radius 3 is 2.53 bits per heavy atom. The number of methoxy groups -OCH3 is 2. The van der Waals surface area contributed by atoms with Gasteiger partial charge in [-0.05, 0) is 31.6 Å². The van der Waals surface area contributed by atoms with Crippen LogP contribution >= 0.6 is 0 Å². The minimum absolute atomic E-state index is 0.358. The molecule has 0 saturated heterocycles. The predicted molar refractivity (Wildman–Crippen MR) is 71.3 cm³/mol. The smallest absolute Gasteiger partial charge is 0.241 e. The molecule has 1 aliphatic rings. The van der Waals surface area contributed by atoms with Crippen molar-refractivity contribution in [1.82, 2.24) is 9.97 Å². The molecule has 1 aromatic heterocycles. The van der Waals surface area contributed by atoms with Crippen molar-refractivity contribution in [2.24, 2.45) is 5.92 Å². The third-order valence-electron chi connectivity index (χ3n) is 4.07. The van der Waals surface area contributed by atoms with Crippen LogP contribution in [-0.2, 0) is 5.60 Å². The molecule has 1 saturated carbocycles. The Balaban J connectivity index is 2.25. The van der Waals surface area contributed by atoms with Crippen molar-refractivity contribution in [2.45, 2.75) is 44.6 Å². The van der Waals surface area contributed by atoms with Crippen LogP contribution in [0, 0.1) is 5.92 Å². The molecule has 0 unspecified atom stereocenters. The SMILES string of the molecule is CCC1CCC(O)(c2ncc(OC)nc2OC)CC1. The highest BCUT2D eigenvalue weighted by atomic mass is 16.5. The standard InChI is InChI=1S/C14H22N2O3/c1-4-10-5-7-14(17,8-6-10)12-13(19-3)16-11(18-2)9-15-12/h9-10,17H,4-8H2,1-3H3. The molecule has 19 heavy (non-hydrogen) atoms. The Morgan fingerprint density at radius 2 is 2.00 bits per heavy atom. The molecule has 0 aliphatic heterocycles. The van der Waals surface area contributed by atoms with Crippen molar-refractivity contribution in [1.29, 1.82) is 0 Å². The monoisotopic (exact) mass is 266 g/mol. The van der Waals surface area contributed by atoms with E-state index in [0.29, 0.717) is 36.2 Å². The molecular weight excluding hydrogens is 244 g/mol. The number of hydrogen-bond acceptors (Lipinski definition) is 5. The van der Waals surface area contributed by atoms with Gasteiger partial charge < -0.3 is 14.6 Å². The normalized spacial score (nSPS) is 27.1. The summed E-state index contributed by atoms with van der Waals surface area (Å²) in [7, 11) is 3.07. The van der Waals surface area contributed by atoms with E-state index in [-0.39, 0.29) is 0 Å². The van der Waals surface area contributed by atoms with Crippen molar-refractivity contribution in [2.75, 3.05) is 14.2 Å². The summed E-state index contributed by atoms with van der Waals surface area (Å²) in [6.45, 7) is 2.20. The molecule has 5 heteroatoms. The fourth-order valence-electron chi connectivity index (χ4n) is 2.72. The third kappa shape index (κ3) is 2.81. The average molecular weight is 266 g/mol. The largest absolute Gasteiger partial charge is 0.480 e. The van der Waals surface area contributed by atoms with E-state index in [4.69, 9.17) is 9.47 Å². The lowest BCUT2D eigenvalue weighted by molar-refractivity contribution is -0.0208. The summed E-state index contributed by atoms with van der Waals surface area (Å²) in [6, 6.07) is 0. The Labute approximate surface area is 114 Å². The average Bonchev–Trinajstić information content (AvgIpc) is 2.47. The van der Waals surface area contributed by atoms with Crippen molar-refractivity contribution < 1.29 is 14.6 Å². The number of aromatic nitrogens is 2. The topological polar surface area (TPSA) is 64.5 Å². The summed E-state index contributed by atoms with van der Waals surface area (Å²) in [5, 5.41) is 10.8. The van der Waals surface area contributed by atoms with Crippen LogP contribution in [0.4, 0.5) is 0 Å². The molecule has 106 valence electrons. The van der Waals surface area contributed by atoms with E-state index in [1.54, 1.807) is 0 Å². The first-order chi connectivity index (χ1) is 9.12. The van der Waals surface area contributed by atoms with E-state index >= 15 is 0 Å². The highest BCUT2D eigenvalue weighted by Gasteiger charge is 2.38. The molecule has 0 radical (unpaired) electrons. The van der Waals surface area contributed by atoms with E-state index in [1.165, 1.54) is 26.8 Å². The zero-order chi connectivity index (χ0) is 13.9. The van der Waals surface area contributed by atoms with Gasteiger partial charge in [-0.2, -0.15) is 4.98 Å². The molecule has 0 spiro atoms. The summed E-state index contributed by atoms with van der Waals surface area (Å²) >= 11 is 0. The summed E-state index contributed by atoms with van der Waals surface area (Å²) in [5.74, 6) is 1.46. The van der Waals surface area contributed by atoms with Gasteiger partial charge in [0.2, 0.25) is 11.8 Å². The van der Waals surface area contributed by atoms with E-state index in [9.17, 15) is 5.11 Å². The molecule has 1 heterocycles. The summed E-state index contributed by atoms with van der Waals surface area (Å²) in [6.07, 6.45) is 6.16. The molecule has 1 fully saturated rings. The Bertz CT molecular complexity index is 429. The first kappa shape index (κ1) is 14.1. The lowest BCUT2D eigenvalue weighted by Crippen LogP contribution is -2.33. The van der Waals surface area contributed by atoms with Gasteiger partial charge in [-0.3, -0.25) is 0 Å². The Kier molecular flexibility index (Phi) is 4.24. The van der Waals surface area contributed by atoms with E-state index in [2.05, 4.69) is 16.9 Å².